The Bertz CT molecular complexity index is 564. The number of amides is 2. The molecular weight excluding hydrogens is 458 g/mol. The second kappa shape index (κ2) is 22.8. The van der Waals surface area contributed by atoms with E-state index >= 15 is 0 Å². The van der Waals surface area contributed by atoms with Crippen molar-refractivity contribution in [2.24, 2.45) is 0 Å². The maximum atomic E-state index is 12.1. The van der Waals surface area contributed by atoms with Crippen LogP contribution in [0.4, 0.5) is 0 Å². The van der Waals surface area contributed by atoms with Crippen LogP contribution in [-0.2, 0) is 9.59 Å². The first kappa shape index (κ1) is 33.9. The topological polar surface area (TPSA) is 49.4 Å². The van der Waals surface area contributed by atoms with Crippen LogP contribution < -0.4 is 5.32 Å². The third-order valence-corrected chi connectivity index (χ3v) is 7.99. The van der Waals surface area contributed by atoms with Gasteiger partial charge in [0.1, 0.15) is 0 Å². The summed E-state index contributed by atoms with van der Waals surface area (Å²) < 4.78 is 0.806. The predicted octanol–water partition coefficient (Wildman–Crippen LogP) is 7.97. The highest BCUT2D eigenvalue weighted by atomic mass is 16.2. The van der Waals surface area contributed by atoms with E-state index in [1.54, 1.807) is 0 Å². The molecule has 0 radical (unpaired) electrons. The fourth-order valence-corrected chi connectivity index (χ4v) is 5.57. The molecule has 0 aromatic rings. The van der Waals surface area contributed by atoms with Crippen LogP contribution in [0.15, 0.2) is 0 Å². The first-order chi connectivity index (χ1) is 17.9. The molecule has 0 aromatic carbocycles. The van der Waals surface area contributed by atoms with Crippen LogP contribution in [0.3, 0.4) is 0 Å². The summed E-state index contributed by atoms with van der Waals surface area (Å²) in [5.74, 6) is 0.492. The number of hydrogen-bond donors (Lipinski definition) is 1. The normalized spacial score (nSPS) is 14.0. The molecule has 5 heteroatoms. The third kappa shape index (κ3) is 20.5. The summed E-state index contributed by atoms with van der Waals surface area (Å²) in [6.45, 7) is 5.69. The summed E-state index contributed by atoms with van der Waals surface area (Å²) in [5, 5.41) is 3.09. The molecule has 2 amide bonds. The number of nitrogens with one attached hydrogen (secondary N) is 1. The molecule has 1 fully saturated rings. The summed E-state index contributed by atoms with van der Waals surface area (Å²) in [6.07, 6.45) is 29.5. The first-order valence-electron chi connectivity index (χ1n) is 16.3. The number of quaternary nitrogens is 1. The maximum absolute atomic E-state index is 12.1. The second-order valence-electron chi connectivity index (χ2n) is 12.4. The summed E-state index contributed by atoms with van der Waals surface area (Å²) in [7, 11) is 4.35. The standard InChI is InChI=1S/C32H63N3O2/c1-4-5-6-7-8-9-10-11-12-13-14-15-16-17-18-19-20-21-22-25-31(36)33-27-24-29-35(2,3)30-34-28-23-26-32(34)37/h4-30H2,1-3H3/p+1. The van der Waals surface area contributed by atoms with Gasteiger partial charge in [-0.2, -0.15) is 0 Å². The first-order valence-corrected chi connectivity index (χ1v) is 16.3. The Balaban J connectivity index is 1.78. The van der Waals surface area contributed by atoms with E-state index in [4.69, 9.17) is 0 Å². The Morgan fingerprint density at radius 2 is 1.19 bits per heavy atom. The van der Waals surface area contributed by atoms with Gasteiger partial charge < -0.3 is 9.80 Å². The molecule has 0 saturated carbocycles. The molecular formula is C32H64N3O2+. The number of carbonyl (C=O) groups excluding carboxylic acids is 2. The zero-order valence-electron chi connectivity index (χ0n) is 25.3. The molecule has 1 heterocycles. The highest BCUT2D eigenvalue weighted by molar-refractivity contribution is 5.77. The van der Waals surface area contributed by atoms with E-state index in [1.165, 1.54) is 116 Å². The van der Waals surface area contributed by atoms with Crippen LogP contribution in [0.1, 0.15) is 155 Å². The molecule has 0 aromatic heterocycles. The van der Waals surface area contributed by atoms with Crippen molar-refractivity contribution >= 4 is 11.8 Å². The second-order valence-corrected chi connectivity index (χ2v) is 12.4. The van der Waals surface area contributed by atoms with Gasteiger partial charge in [-0.05, 0) is 12.8 Å². The Morgan fingerprint density at radius 3 is 1.62 bits per heavy atom. The van der Waals surface area contributed by atoms with Crippen molar-refractivity contribution in [1.82, 2.24) is 10.2 Å². The van der Waals surface area contributed by atoms with Crippen LogP contribution in [0.25, 0.3) is 0 Å². The average molecular weight is 523 g/mol. The Morgan fingerprint density at radius 1 is 0.730 bits per heavy atom. The van der Waals surface area contributed by atoms with E-state index < -0.39 is 0 Å². The van der Waals surface area contributed by atoms with Gasteiger partial charge in [-0.1, -0.05) is 122 Å². The lowest BCUT2D eigenvalue weighted by molar-refractivity contribution is -0.898. The van der Waals surface area contributed by atoms with Crippen molar-refractivity contribution in [2.45, 2.75) is 155 Å². The van der Waals surface area contributed by atoms with Crippen molar-refractivity contribution in [1.29, 1.82) is 0 Å². The largest absolute Gasteiger partial charge is 0.356 e. The zero-order valence-corrected chi connectivity index (χ0v) is 25.3. The number of carbonyl (C=O) groups is 2. The molecule has 0 bridgehead atoms. The molecule has 1 aliphatic heterocycles. The molecule has 0 aliphatic carbocycles. The van der Waals surface area contributed by atoms with Gasteiger partial charge in [-0.25, -0.2) is 0 Å². The Kier molecular flexibility index (Phi) is 20.9. The van der Waals surface area contributed by atoms with Crippen LogP contribution in [0, 0.1) is 0 Å². The minimum absolute atomic E-state index is 0.201. The van der Waals surface area contributed by atoms with Gasteiger partial charge in [0.05, 0.1) is 20.6 Å². The number of unbranched alkanes of at least 4 members (excludes halogenated alkanes) is 18. The lowest BCUT2D eigenvalue weighted by Gasteiger charge is -2.33. The summed E-state index contributed by atoms with van der Waals surface area (Å²) >= 11 is 0. The quantitative estimate of drug-likeness (QED) is 0.0925. The van der Waals surface area contributed by atoms with E-state index in [2.05, 4.69) is 26.3 Å². The van der Waals surface area contributed by atoms with Gasteiger partial charge in [0.25, 0.3) is 0 Å². The van der Waals surface area contributed by atoms with Crippen molar-refractivity contribution in [3.63, 3.8) is 0 Å². The predicted molar refractivity (Wildman–Crippen MR) is 158 cm³/mol. The molecule has 1 rings (SSSR count). The Labute approximate surface area is 231 Å². The molecule has 218 valence electrons. The zero-order chi connectivity index (χ0) is 27.0. The van der Waals surface area contributed by atoms with Gasteiger partial charge in [-0.3, -0.25) is 14.5 Å². The minimum atomic E-state index is 0.201. The van der Waals surface area contributed by atoms with Gasteiger partial charge in [-0.15, -0.1) is 0 Å². The highest BCUT2D eigenvalue weighted by Crippen LogP contribution is 2.15. The van der Waals surface area contributed by atoms with Crippen LogP contribution in [0.5, 0.6) is 0 Å². The fourth-order valence-electron chi connectivity index (χ4n) is 5.57. The average Bonchev–Trinajstić information content (AvgIpc) is 3.26. The van der Waals surface area contributed by atoms with Crippen molar-refractivity contribution < 1.29 is 14.1 Å². The monoisotopic (exact) mass is 522 g/mol. The minimum Gasteiger partial charge on any atom is -0.356 e. The summed E-state index contributed by atoms with van der Waals surface area (Å²) in [4.78, 5) is 25.9. The maximum Gasteiger partial charge on any atom is 0.226 e. The van der Waals surface area contributed by atoms with Crippen LogP contribution in [0.2, 0.25) is 0 Å². The lowest BCUT2D eigenvalue weighted by Crippen LogP contribution is -2.50. The van der Waals surface area contributed by atoms with Gasteiger partial charge >= 0.3 is 0 Å². The number of nitrogens with zero attached hydrogens (tertiary/aromatic N) is 2. The van der Waals surface area contributed by atoms with Crippen molar-refractivity contribution in [3.05, 3.63) is 0 Å². The molecule has 1 saturated heterocycles. The van der Waals surface area contributed by atoms with Crippen molar-refractivity contribution in [2.75, 3.05) is 40.4 Å². The molecule has 37 heavy (non-hydrogen) atoms. The highest BCUT2D eigenvalue weighted by Gasteiger charge is 2.27. The number of hydrogen-bond acceptors (Lipinski definition) is 2. The molecule has 0 unspecified atom stereocenters. The fraction of sp³-hybridized carbons (Fsp3) is 0.938. The summed E-state index contributed by atoms with van der Waals surface area (Å²) in [5.41, 5.74) is 0. The smallest absolute Gasteiger partial charge is 0.226 e. The molecule has 1 aliphatic rings. The van der Waals surface area contributed by atoms with Gasteiger partial charge in [0.15, 0.2) is 6.67 Å². The van der Waals surface area contributed by atoms with Crippen LogP contribution >= 0.6 is 0 Å². The third-order valence-electron chi connectivity index (χ3n) is 7.99. The summed E-state index contributed by atoms with van der Waals surface area (Å²) in [6, 6.07) is 0. The molecule has 5 nitrogen and oxygen atoms in total. The SMILES string of the molecule is CCCCCCCCCCCCCCCCCCCCCC(=O)NCCC[N+](C)(C)CN1CCCC1=O. The lowest BCUT2D eigenvalue weighted by atomic mass is 10.0. The van der Waals surface area contributed by atoms with E-state index in [-0.39, 0.29) is 5.91 Å². The van der Waals surface area contributed by atoms with E-state index in [0.717, 1.165) is 50.0 Å². The van der Waals surface area contributed by atoms with E-state index in [0.29, 0.717) is 18.7 Å². The molecule has 0 spiro atoms. The number of likely N-dealkylation sites (tertiary alicyclic amines) is 1. The van der Waals surface area contributed by atoms with Gasteiger partial charge in [0, 0.05) is 32.4 Å². The number of rotatable bonds is 26. The van der Waals surface area contributed by atoms with E-state index in [1.807, 2.05) is 4.90 Å². The molecule has 1 N–H and O–H groups in total. The Hall–Kier alpha value is -1.10. The molecule has 0 atom stereocenters. The van der Waals surface area contributed by atoms with E-state index in [9.17, 15) is 9.59 Å². The van der Waals surface area contributed by atoms with Crippen LogP contribution in [-0.4, -0.2) is 61.6 Å². The van der Waals surface area contributed by atoms with Crippen molar-refractivity contribution in [3.8, 4) is 0 Å². The van der Waals surface area contributed by atoms with Gasteiger partial charge in [0.2, 0.25) is 11.8 Å².